The van der Waals surface area contributed by atoms with Crippen LogP contribution in [0.25, 0.3) is 0 Å². The van der Waals surface area contributed by atoms with Crippen molar-refractivity contribution in [3.05, 3.63) is 99.1 Å². The summed E-state index contributed by atoms with van der Waals surface area (Å²) in [6, 6.07) is 21.1. The average Bonchev–Trinajstić information content (AvgIpc) is 2.81. The Kier molecular flexibility index (Phi) is 6.48. The van der Waals surface area contributed by atoms with Crippen LogP contribution in [-0.2, 0) is 26.0 Å². The van der Waals surface area contributed by atoms with Gasteiger partial charge in [0.05, 0.1) is 12.0 Å². The van der Waals surface area contributed by atoms with Crippen LogP contribution in [0.3, 0.4) is 0 Å². The summed E-state index contributed by atoms with van der Waals surface area (Å²) in [5, 5.41) is 10.8. The van der Waals surface area contributed by atoms with E-state index in [1.54, 1.807) is 19.2 Å². The van der Waals surface area contributed by atoms with Gasteiger partial charge in [-0.3, -0.25) is 15.0 Å². The van der Waals surface area contributed by atoms with Gasteiger partial charge in [-0.05, 0) is 47.2 Å². The fourth-order valence-corrected chi connectivity index (χ4v) is 3.89. The van der Waals surface area contributed by atoms with Crippen LogP contribution >= 0.6 is 0 Å². The molecular formula is C25H26N2O4. The number of hydrogen-bond acceptors (Lipinski definition) is 5. The fourth-order valence-electron chi connectivity index (χ4n) is 3.89. The van der Waals surface area contributed by atoms with Crippen molar-refractivity contribution in [1.29, 1.82) is 0 Å². The van der Waals surface area contributed by atoms with Gasteiger partial charge < -0.3 is 9.47 Å². The normalized spacial score (nSPS) is 13.5. The largest absolute Gasteiger partial charge is 0.493 e. The lowest BCUT2D eigenvalue weighted by Gasteiger charge is -2.29. The minimum Gasteiger partial charge on any atom is -0.493 e. The van der Waals surface area contributed by atoms with E-state index in [-0.39, 0.29) is 10.6 Å². The van der Waals surface area contributed by atoms with E-state index in [1.807, 2.05) is 42.5 Å². The standard InChI is InChI=1S/C25H26N2O4/c1-30-24-16-22-17-26(13-11-19-7-9-23(10-8-19)27(28)29)14-12-21(22)15-25(24)31-18-20-5-3-2-4-6-20/h2-10,15-16H,11-14,17-18H2,1H3. The summed E-state index contributed by atoms with van der Waals surface area (Å²) in [5.41, 5.74) is 4.93. The van der Waals surface area contributed by atoms with Crippen LogP contribution in [-0.4, -0.2) is 30.0 Å². The molecule has 160 valence electrons. The number of nitrogens with zero attached hydrogens (tertiary/aromatic N) is 2. The number of benzene rings is 3. The minimum atomic E-state index is -0.365. The minimum absolute atomic E-state index is 0.132. The third kappa shape index (κ3) is 5.22. The van der Waals surface area contributed by atoms with Crippen molar-refractivity contribution in [2.75, 3.05) is 20.2 Å². The fraction of sp³-hybridized carbons (Fsp3) is 0.280. The van der Waals surface area contributed by atoms with Gasteiger partial charge >= 0.3 is 0 Å². The highest BCUT2D eigenvalue weighted by Gasteiger charge is 2.19. The first-order chi connectivity index (χ1) is 15.1. The Bertz CT molecular complexity index is 1040. The molecule has 0 N–H and O–H groups in total. The topological polar surface area (TPSA) is 64.8 Å². The first-order valence-electron chi connectivity index (χ1n) is 10.4. The highest BCUT2D eigenvalue weighted by atomic mass is 16.6. The zero-order chi connectivity index (χ0) is 21.6. The molecule has 31 heavy (non-hydrogen) atoms. The number of nitro groups is 1. The van der Waals surface area contributed by atoms with Crippen LogP contribution in [0.15, 0.2) is 66.7 Å². The van der Waals surface area contributed by atoms with Crippen LogP contribution < -0.4 is 9.47 Å². The van der Waals surface area contributed by atoms with Gasteiger partial charge in [0, 0.05) is 31.8 Å². The van der Waals surface area contributed by atoms with Crippen LogP contribution in [0.1, 0.15) is 22.3 Å². The molecule has 0 fully saturated rings. The van der Waals surface area contributed by atoms with E-state index in [2.05, 4.69) is 17.0 Å². The predicted molar refractivity (Wildman–Crippen MR) is 120 cm³/mol. The highest BCUT2D eigenvalue weighted by Crippen LogP contribution is 2.34. The third-order valence-corrected chi connectivity index (χ3v) is 5.68. The Hall–Kier alpha value is -3.38. The molecule has 1 aliphatic rings. The van der Waals surface area contributed by atoms with Gasteiger partial charge in [-0.2, -0.15) is 0 Å². The molecule has 0 radical (unpaired) electrons. The Balaban J connectivity index is 1.38. The van der Waals surface area contributed by atoms with E-state index < -0.39 is 0 Å². The maximum Gasteiger partial charge on any atom is 0.269 e. The molecule has 6 nitrogen and oxygen atoms in total. The van der Waals surface area contributed by atoms with Crippen LogP contribution in [0.2, 0.25) is 0 Å². The van der Waals surface area contributed by atoms with Crippen molar-refractivity contribution < 1.29 is 14.4 Å². The van der Waals surface area contributed by atoms with Crippen LogP contribution in [0.4, 0.5) is 5.69 Å². The van der Waals surface area contributed by atoms with Gasteiger partial charge in [-0.25, -0.2) is 0 Å². The summed E-state index contributed by atoms with van der Waals surface area (Å²) in [6.45, 7) is 3.26. The maximum atomic E-state index is 10.8. The Morgan fingerprint density at radius 1 is 0.968 bits per heavy atom. The molecule has 3 aromatic carbocycles. The van der Waals surface area contributed by atoms with Gasteiger partial charge in [0.25, 0.3) is 5.69 Å². The molecular weight excluding hydrogens is 392 g/mol. The number of non-ortho nitro benzene ring substituents is 1. The predicted octanol–water partition coefficient (Wildman–Crippen LogP) is 4.78. The molecule has 0 unspecified atom stereocenters. The number of ether oxygens (including phenoxy) is 2. The van der Waals surface area contributed by atoms with E-state index in [0.29, 0.717) is 6.61 Å². The van der Waals surface area contributed by atoms with E-state index in [1.165, 1.54) is 11.1 Å². The lowest BCUT2D eigenvalue weighted by atomic mass is 9.98. The molecule has 0 spiro atoms. The van der Waals surface area contributed by atoms with Gasteiger partial charge in [0.1, 0.15) is 6.61 Å². The average molecular weight is 418 g/mol. The number of hydrogen-bond donors (Lipinski definition) is 0. The van der Waals surface area contributed by atoms with Gasteiger partial charge in [-0.15, -0.1) is 0 Å². The van der Waals surface area contributed by atoms with Crippen molar-refractivity contribution in [2.24, 2.45) is 0 Å². The summed E-state index contributed by atoms with van der Waals surface area (Å²) < 4.78 is 11.6. The van der Waals surface area contributed by atoms with Crippen molar-refractivity contribution in [2.45, 2.75) is 26.0 Å². The monoisotopic (exact) mass is 418 g/mol. The summed E-state index contributed by atoms with van der Waals surface area (Å²) in [5.74, 6) is 1.54. The summed E-state index contributed by atoms with van der Waals surface area (Å²) in [4.78, 5) is 12.8. The molecule has 0 amide bonds. The molecule has 3 aromatic rings. The van der Waals surface area contributed by atoms with Crippen LogP contribution in [0.5, 0.6) is 11.5 Å². The quantitative estimate of drug-likeness (QED) is 0.389. The first kappa shape index (κ1) is 20.9. The third-order valence-electron chi connectivity index (χ3n) is 5.68. The van der Waals surface area contributed by atoms with Crippen molar-refractivity contribution >= 4 is 5.69 Å². The first-order valence-corrected chi connectivity index (χ1v) is 10.4. The van der Waals surface area contributed by atoms with Crippen LogP contribution in [0, 0.1) is 10.1 Å². The lowest BCUT2D eigenvalue weighted by molar-refractivity contribution is -0.384. The van der Waals surface area contributed by atoms with Crippen molar-refractivity contribution in [3.8, 4) is 11.5 Å². The number of fused-ring (bicyclic) bond motifs is 1. The molecule has 0 atom stereocenters. The smallest absolute Gasteiger partial charge is 0.269 e. The van der Waals surface area contributed by atoms with Gasteiger partial charge in [0.2, 0.25) is 0 Å². The number of methoxy groups -OCH3 is 1. The molecule has 6 heteroatoms. The second-order valence-electron chi connectivity index (χ2n) is 7.75. The van der Waals surface area contributed by atoms with Crippen molar-refractivity contribution in [3.63, 3.8) is 0 Å². The zero-order valence-electron chi connectivity index (χ0n) is 17.6. The molecule has 0 aliphatic carbocycles. The molecule has 1 heterocycles. The van der Waals surface area contributed by atoms with E-state index in [0.717, 1.165) is 55.1 Å². The number of nitro benzene ring substituents is 1. The molecule has 0 bridgehead atoms. The molecule has 0 saturated heterocycles. The zero-order valence-corrected chi connectivity index (χ0v) is 17.6. The Morgan fingerprint density at radius 3 is 2.42 bits per heavy atom. The van der Waals surface area contributed by atoms with E-state index in [9.17, 15) is 10.1 Å². The number of rotatable bonds is 8. The summed E-state index contributed by atoms with van der Waals surface area (Å²) in [6.07, 6.45) is 1.82. The maximum absolute atomic E-state index is 10.8. The second kappa shape index (κ2) is 9.62. The Morgan fingerprint density at radius 2 is 1.71 bits per heavy atom. The van der Waals surface area contributed by atoms with E-state index in [4.69, 9.17) is 9.47 Å². The van der Waals surface area contributed by atoms with Gasteiger partial charge in [0.15, 0.2) is 11.5 Å². The summed E-state index contributed by atoms with van der Waals surface area (Å²) in [7, 11) is 1.67. The van der Waals surface area contributed by atoms with Gasteiger partial charge in [-0.1, -0.05) is 42.5 Å². The second-order valence-corrected chi connectivity index (χ2v) is 7.75. The highest BCUT2D eigenvalue weighted by molar-refractivity contribution is 5.48. The Labute approximate surface area is 182 Å². The molecule has 1 aliphatic heterocycles. The van der Waals surface area contributed by atoms with Crippen molar-refractivity contribution in [1.82, 2.24) is 4.90 Å². The molecule has 0 aromatic heterocycles. The SMILES string of the molecule is COc1cc2c(cc1OCc1ccccc1)CCN(CCc1ccc([N+](=O)[O-])cc1)C2. The lowest BCUT2D eigenvalue weighted by Crippen LogP contribution is -2.32. The summed E-state index contributed by atoms with van der Waals surface area (Å²) >= 11 is 0. The molecule has 0 saturated carbocycles. The molecule has 4 rings (SSSR count). The van der Waals surface area contributed by atoms with E-state index >= 15 is 0 Å².